The number of nitrogens with zero attached hydrogens (tertiary/aromatic N) is 3. The molecule has 2 aliphatic heterocycles. The average molecular weight is 339 g/mol. The Bertz CT molecular complexity index is 653. The van der Waals surface area contributed by atoms with Crippen molar-refractivity contribution in [3.8, 4) is 6.07 Å². The Morgan fingerprint density at radius 2 is 1.80 bits per heavy atom. The van der Waals surface area contributed by atoms with Crippen LogP contribution in [-0.2, 0) is 16.0 Å². The fourth-order valence-corrected chi connectivity index (χ4v) is 3.91. The van der Waals surface area contributed by atoms with Gasteiger partial charge in [-0.3, -0.25) is 9.59 Å². The number of rotatable bonds is 5. The number of benzene rings is 1. The van der Waals surface area contributed by atoms with E-state index in [1.807, 2.05) is 18.2 Å². The molecule has 1 aromatic rings. The summed E-state index contributed by atoms with van der Waals surface area (Å²) in [5.74, 6) is 0.0393. The first-order valence-electron chi connectivity index (χ1n) is 9.24. The van der Waals surface area contributed by atoms with Crippen LogP contribution in [0, 0.1) is 11.3 Å². The number of nitriles is 1. The van der Waals surface area contributed by atoms with Crippen LogP contribution in [0.3, 0.4) is 0 Å². The summed E-state index contributed by atoms with van der Waals surface area (Å²) in [5, 5.41) is 9.20. The molecule has 0 N–H and O–H groups in total. The molecule has 2 fully saturated rings. The Hall–Kier alpha value is -2.35. The molecule has 3 rings (SSSR count). The molecule has 1 aromatic carbocycles. The fourth-order valence-electron chi connectivity index (χ4n) is 3.91. The summed E-state index contributed by atoms with van der Waals surface area (Å²) in [6.07, 6.45) is 5.36. The van der Waals surface area contributed by atoms with Gasteiger partial charge in [0.1, 0.15) is 12.1 Å². The number of hydrogen-bond acceptors (Lipinski definition) is 3. The predicted molar refractivity (Wildman–Crippen MR) is 94.5 cm³/mol. The van der Waals surface area contributed by atoms with Crippen molar-refractivity contribution in [3.05, 3.63) is 35.9 Å². The second-order valence-corrected chi connectivity index (χ2v) is 6.90. The maximum Gasteiger partial charge on any atom is 0.246 e. The quantitative estimate of drug-likeness (QED) is 0.828. The number of hydrogen-bond donors (Lipinski definition) is 0. The molecule has 0 aliphatic carbocycles. The highest BCUT2D eigenvalue weighted by Gasteiger charge is 2.39. The Balaban J connectivity index is 1.54. The molecule has 2 atom stereocenters. The Morgan fingerprint density at radius 1 is 1.08 bits per heavy atom. The van der Waals surface area contributed by atoms with Crippen LogP contribution in [0.2, 0.25) is 0 Å². The molecule has 0 radical (unpaired) electrons. The largest absolute Gasteiger partial charge is 0.331 e. The lowest BCUT2D eigenvalue weighted by atomic mass is 10.1. The smallest absolute Gasteiger partial charge is 0.246 e. The van der Waals surface area contributed by atoms with Gasteiger partial charge in [0.2, 0.25) is 11.8 Å². The molecule has 0 unspecified atom stereocenters. The Kier molecular flexibility index (Phi) is 5.70. The third-order valence-corrected chi connectivity index (χ3v) is 5.24. The molecule has 5 nitrogen and oxygen atoms in total. The van der Waals surface area contributed by atoms with Crippen molar-refractivity contribution in [2.24, 2.45) is 0 Å². The maximum atomic E-state index is 12.8. The van der Waals surface area contributed by atoms with Crippen molar-refractivity contribution in [3.63, 3.8) is 0 Å². The minimum absolute atomic E-state index is 0.0297. The zero-order valence-electron chi connectivity index (χ0n) is 14.6. The van der Waals surface area contributed by atoms with Gasteiger partial charge in [-0.25, -0.2) is 0 Å². The summed E-state index contributed by atoms with van der Waals surface area (Å²) in [5.41, 5.74) is 1.23. The number of amides is 2. The molecule has 25 heavy (non-hydrogen) atoms. The molecule has 0 saturated carbocycles. The molecule has 5 heteroatoms. The van der Waals surface area contributed by atoms with E-state index in [2.05, 4.69) is 18.2 Å². The van der Waals surface area contributed by atoms with Crippen LogP contribution in [0.1, 0.15) is 44.1 Å². The van der Waals surface area contributed by atoms with Gasteiger partial charge >= 0.3 is 0 Å². The zero-order valence-corrected chi connectivity index (χ0v) is 14.6. The molecular weight excluding hydrogens is 314 g/mol. The van der Waals surface area contributed by atoms with Crippen molar-refractivity contribution in [1.82, 2.24) is 9.80 Å². The van der Waals surface area contributed by atoms with Gasteiger partial charge < -0.3 is 9.80 Å². The lowest BCUT2D eigenvalue weighted by Crippen LogP contribution is -2.49. The molecule has 0 bridgehead atoms. The molecule has 2 heterocycles. The van der Waals surface area contributed by atoms with E-state index in [-0.39, 0.29) is 23.9 Å². The number of carbonyl (C=O) groups is 2. The SMILES string of the molecule is N#C[C@@H]1CCCN1C(=O)[C@H]1CCCN1C(=O)CCCc1ccccc1. The van der Waals surface area contributed by atoms with E-state index in [4.69, 9.17) is 0 Å². The van der Waals surface area contributed by atoms with Crippen molar-refractivity contribution in [2.45, 2.75) is 57.0 Å². The Labute approximate surface area is 149 Å². The van der Waals surface area contributed by atoms with Gasteiger partial charge in [0.25, 0.3) is 0 Å². The van der Waals surface area contributed by atoms with Gasteiger partial charge in [-0.05, 0) is 44.1 Å². The van der Waals surface area contributed by atoms with Gasteiger partial charge in [0, 0.05) is 19.5 Å². The first kappa shape index (κ1) is 17.5. The molecule has 0 spiro atoms. The number of aryl methyl sites for hydroxylation is 1. The van der Waals surface area contributed by atoms with Gasteiger partial charge in [0.15, 0.2) is 0 Å². The van der Waals surface area contributed by atoms with Crippen LogP contribution in [-0.4, -0.2) is 46.8 Å². The summed E-state index contributed by atoms with van der Waals surface area (Å²) in [7, 11) is 0. The first-order valence-corrected chi connectivity index (χ1v) is 9.24. The summed E-state index contributed by atoms with van der Waals surface area (Å²) in [4.78, 5) is 28.8. The molecule has 132 valence electrons. The maximum absolute atomic E-state index is 12.8. The molecule has 2 aliphatic rings. The normalized spacial score (nSPS) is 22.8. The van der Waals surface area contributed by atoms with Crippen LogP contribution >= 0.6 is 0 Å². The van der Waals surface area contributed by atoms with Gasteiger partial charge in [-0.15, -0.1) is 0 Å². The number of carbonyl (C=O) groups excluding carboxylic acids is 2. The topological polar surface area (TPSA) is 64.4 Å². The van der Waals surface area contributed by atoms with E-state index < -0.39 is 0 Å². The van der Waals surface area contributed by atoms with Crippen LogP contribution in [0.15, 0.2) is 30.3 Å². The van der Waals surface area contributed by atoms with Crippen molar-refractivity contribution >= 4 is 11.8 Å². The van der Waals surface area contributed by atoms with Crippen LogP contribution < -0.4 is 0 Å². The highest BCUT2D eigenvalue weighted by atomic mass is 16.2. The number of likely N-dealkylation sites (tertiary alicyclic amines) is 2. The second-order valence-electron chi connectivity index (χ2n) is 6.90. The van der Waals surface area contributed by atoms with Gasteiger partial charge in [0.05, 0.1) is 6.07 Å². The lowest BCUT2D eigenvalue weighted by Gasteiger charge is -2.29. The summed E-state index contributed by atoms with van der Waals surface area (Å²) >= 11 is 0. The summed E-state index contributed by atoms with van der Waals surface area (Å²) in [6.45, 7) is 1.30. The Morgan fingerprint density at radius 3 is 2.56 bits per heavy atom. The van der Waals surface area contributed by atoms with Crippen LogP contribution in [0.25, 0.3) is 0 Å². The van der Waals surface area contributed by atoms with E-state index in [9.17, 15) is 14.9 Å². The third kappa shape index (κ3) is 4.01. The van der Waals surface area contributed by atoms with Gasteiger partial charge in [-0.1, -0.05) is 30.3 Å². The van der Waals surface area contributed by atoms with Crippen LogP contribution in [0.5, 0.6) is 0 Å². The summed E-state index contributed by atoms with van der Waals surface area (Å²) in [6, 6.07) is 11.7. The van der Waals surface area contributed by atoms with Crippen LogP contribution in [0.4, 0.5) is 0 Å². The van der Waals surface area contributed by atoms with E-state index in [0.717, 1.165) is 38.5 Å². The lowest BCUT2D eigenvalue weighted by molar-refractivity contribution is -0.143. The minimum Gasteiger partial charge on any atom is -0.331 e. The predicted octanol–water partition coefficient (Wildman–Crippen LogP) is 2.51. The fraction of sp³-hybridized carbons (Fsp3) is 0.550. The summed E-state index contributed by atoms with van der Waals surface area (Å²) < 4.78 is 0. The first-order chi connectivity index (χ1) is 12.2. The third-order valence-electron chi connectivity index (χ3n) is 5.24. The second kappa shape index (κ2) is 8.15. The minimum atomic E-state index is -0.363. The molecule has 2 amide bonds. The average Bonchev–Trinajstić information content (AvgIpc) is 3.31. The van der Waals surface area contributed by atoms with Crippen molar-refractivity contribution < 1.29 is 9.59 Å². The molecular formula is C20H25N3O2. The van der Waals surface area contributed by atoms with Gasteiger partial charge in [-0.2, -0.15) is 5.26 Å². The molecule has 2 saturated heterocycles. The van der Waals surface area contributed by atoms with Crippen molar-refractivity contribution in [2.75, 3.05) is 13.1 Å². The van der Waals surface area contributed by atoms with E-state index in [0.29, 0.717) is 19.5 Å². The van der Waals surface area contributed by atoms with E-state index in [1.54, 1.807) is 9.80 Å². The molecule has 0 aromatic heterocycles. The highest BCUT2D eigenvalue weighted by molar-refractivity contribution is 5.88. The van der Waals surface area contributed by atoms with E-state index in [1.165, 1.54) is 5.56 Å². The van der Waals surface area contributed by atoms with E-state index >= 15 is 0 Å². The van der Waals surface area contributed by atoms with Crippen molar-refractivity contribution in [1.29, 1.82) is 5.26 Å². The monoisotopic (exact) mass is 339 g/mol. The standard InChI is InChI=1S/C20H25N3O2/c21-15-17-10-5-13-22(17)20(25)18-11-6-14-23(18)19(24)12-4-9-16-7-2-1-3-8-16/h1-3,7-8,17-18H,4-6,9-14H2/t17-,18+/m0/s1. The zero-order chi connectivity index (χ0) is 17.6. The highest BCUT2D eigenvalue weighted by Crippen LogP contribution is 2.25.